The zero-order valence-corrected chi connectivity index (χ0v) is 12.2. The largest absolute Gasteiger partial charge is 0.370 e. The molecule has 1 fully saturated rings. The smallest absolute Gasteiger partial charge is 0.344 e. The van der Waals surface area contributed by atoms with Crippen LogP contribution < -0.4 is 11.0 Å². The Morgan fingerprint density at radius 2 is 2.30 bits per heavy atom. The molecule has 1 saturated carbocycles. The minimum Gasteiger partial charge on any atom is -0.370 e. The Morgan fingerprint density at radius 1 is 1.50 bits per heavy atom. The molecule has 0 atom stereocenters. The maximum Gasteiger partial charge on any atom is 0.344 e. The van der Waals surface area contributed by atoms with E-state index in [2.05, 4.69) is 25.5 Å². The van der Waals surface area contributed by atoms with Crippen LogP contribution in [-0.2, 0) is 0 Å². The lowest BCUT2D eigenvalue weighted by Crippen LogP contribution is -2.16. The van der Waals surface area contributed by atoms with Gasteiger partial charge in [0.25, 0.3) is 0 Å². The third kappa shape index (κ3) is 2.69. The average molecular weight is 292 g/mol. The van der Waals surface area contributed by atoms with Crippen molar-refractivity contribution in [1.82, 2.24) is 24.7 Å². The number of aromatic nitrogens is 5. The van der Waals surface area contributed by atoms with Gasteiger partial charge < -0.3 is 5.32 Å². The van der Waals surface area contributed by atoms with Crippen molar-refractivity contribution in [2.75, 3.05) is 11.9 Å². The molecular weight excluding hydrogens is 276 g/mol. The van der Waals surface area contributed by atoms with Crippen LogP contribution in [0.4, 0.5) is 5.82 Å². The molecule has 1 aliphatic carbocycles. The molecule has 0 spiro atoms. The first kappa shape index (κ1) is 13.2. The van der Waals surface area contributed by atoms with Crippen LogP contribution in [0.15, 0.2) is 21.0 Å². The highest BCUT2D eigenvalue weighted by atomic mass is 32.2. The highest BCUT2D eigenvalue weighted by molar-refractivity contribution is 7.99. The molecule has 3 rings (SSSR count). The number of hydrogen-bond donors (Lipinski definition) is 2. The van der Waals surface area contributed by atoms with E-state index < -0.39 is 0 Å². The monoisotopic (exact) mass is 292 g/mol. The van der Waals surface area contributed by atoms with Crippen LogP contribution in [0.5, 0.6) is 0 Å². The van der Waals surface area contributed by atoms with Crippen molar-refractivity contribution in [3.8, 4) is 0 Å². The van der Waals surface area contributed by atoms with E-state index in [9.17, 15) is 4.79 Å². The fourth-order valence-corrected chi connectivity index (χ4v) is 2.93. The van der Waals surface area contributed by atoms with Crippen LogP contribution in [0.3, 0.4) is 0 Å². The molecule has 0 saturated heterocycles. The van der Waals surface area contributed by atoms with E-state index in [4.69, 9.17) is 0 Å². The number of hydrogen-bond acceptors (Lipinski definition) is 6. The average Bonchev–Trinajstić information content (AvgIpc) is 3.15. The minimum absolute atomic E-state index is 0.146. The molecule has 2 N–H and O–H groups in total. The van der Waals surface area contributed by atoms with Gasteiger partial charge in [-0.1, -0.05) is 0 Å². The third-order valence-electron chi connectivity index (χ3n) is 2.95. The summed E-state index contributed by atoms with van der Waals surface area (Å²) in [6, 6.07) is 2.16. The Morgan fingerprint density at radius 3 is 3.00 bits per heavy atom. The SMILES string of the molecule is CCNc1cc(Sc2n[nH]c(=O)n2C2CC2)nc(C)n1. The van der Waals surface area contributed by atoms with Gasteiger partial charge in [0, 0.05) is 18.7 Å². The fourth-order valence-electron chi connectivity index (χ4n) is 1.97. The number of rotatable bonds is 5. The molecule has 0 unspecified atom stereocenters. The van der Waals surface area contributed by atoms with Gasteiger partial charge in [-0.2, -0.15) is 0 Å². The fraction of sp³-hybridized carbons (Fsp3) is 0.500. The van der Waals surface area contributed by atoms with Crippen LogP contribution >= 0.6 is 11.8 Å². The number of nitrogens with zero attached hydrogens (tertiary/aromatic N) is 4. The van der Waals surface area contributed by atoms with Gasteiger partial charge in [-0.05, 0) is 38.5 Å². The lowest BCUT2D eigenvalue weighted by atomic mass is 10.5. The molecule has 0 aromatic carbocycles. The Hall–Kier alpha value is -1.83. The second-order valence-electron chi connectivity index (χ2n) is 4.68. The summed E-state index contributed by atoms with van der Waals surface area (Å²) in [5.74, 6) is 1.49. The van der Waals surface area contributed by atoms with Crippen molar-refractivity contribution < 1.29 is 0 Å². The molecule has 20 heavy (non-hydrogen) atoms. The summed E-state index contributed by atoms with van der Waals surface area (Å²) in [5.41, 5.74) is -0.146. The Labute approximate surface area is 120 Å². The van der Waals surface area contributed by atoms with Crippen molar-refractivity contribution in [3.05, 3.63) is 22.4 Å². The molecule has 2 heterocycles. The zero-order chi connectivity index (χ0) is 14.1. The van der Waals surface area contributed by atoms with E-state index in [1.165, 1.54) is 11.8 Å². The standard InChI is InChI=1S/C12H16N6OS/c1-3-13-9-6-10(15-7(2)14-9)20-12-17-16-11(19)18(12)8-4-5-8/h6,8H,3-5H2,1-2H3,(H,16,19)(H,13,14,15). The summed E-state index contributed by atoms with van der Waals surface area (Å²) in [4.78, 5) is 20.4. The van der Waals surface area contributed by atoms with Crippen LogP contribution in [0.25, 0.3) is 0 Å². The molecule has 2 aromatic rings. The second-order valence-corrected chi connectivity index (χ2v) is 5.67. The Kier molecular flexibility index (Phi) is 3.47. The Balaban J connectivity index is 1.89. The maximum atomic E-state index is 11.7. The van der Waals surface area contributed by atoms with E-state index >= 15 is 0 Å². The van der Waals surface area contributed by atoms with Crippen molar-refractivity contribution in [1.29, 1.82) is 0 Å². The van der Waals surface area contributed by atoms with Gasteiger partial charge in [-0.3, -0.25) is 4.57 Å². The minimum atomic E-state index is -0.146. The molecule has 106 valence electrons. The molecule has 0 bridgehead atoms. The van der Waals surface area contributed by atoms with E-state index in [-0.39, 0.29) is 5.69 Å². The van der Waals surface area contributed by atoms with E-state index in [1.54, 1.807) is 4.57 Å². The molecule has 0 amide bonds. The molecule has 0 aliphatic heterocycles. The van der Waals surface area contributed by atoms with Gasteiger partial charge >= 0.3 is 5.69 Å². The number of H-pyrrole nitrogens is 1. The summed E-state index contributed by atoms with van der Waals surface area (Å²) in [7, 11) is 0. The van der Waals surface area contributed by atoms with Gasteiger partial charge in [-0.15, -0.1) is 5.10 Å². The Bertz CT molecular complexity index is 675. The van der Waals surface area contributed by atoms with Gasteiger partial charge in [-0.25, -0.2) is 19.9 Å². The molecule has 2 aromatic heterocycles. The van der Waals surface area contributed by atoms with Gasteiger partial charge in [0.1, 0.15) is 16.7 Å². The summed E-state index contributed by atoms with van der Waals surface area (Å²) in [6.45, 7) is 4.67. The van der Waals surface area contributed by atoms with Crippen LogP contribution in [0, 0.1) is 6.92 Å². The van der Waals surface area contributed by atoms with E-state index in [0.717, 1.165) is 30.2 Å². The van der Waals surface area contributed by atoms with Crippen LogP contribution in [0.2, 0.25) is 0 Å². The first-order valence-corrected chi connectivity index (χ1v) is 7.43. The molecular formula is C12H16N6OS. The van der Waals surface area contributed by atoms with E-state index in [1.807, 2.05) is 19.9 Å². The lowest BCUT2D eigenvalue weighted by Gasteiger charge is -2.06. The molecule has 0 radical (unpaired) electrons. The predicted molar refractivity (Wildman–Crippen MR) is 76.2 cm³/mol. The van der Waals surface area contributed by atoms with Crippen molar-refractivity contribution >= 4 is 17.6 Å². The lowest BCUT2D eigenvalue weighted by molar-refractivity contribution is 0.642. The molecule has 7 nitrogen and oxygen atoms in total. The third-order valence-corrected chi connectivity index (χ3v) is 3.84. The van der Waals surface area contributed by atoms with Crippen molar-refractivity contribution in [2.45, 2.75) is 42.9 Å². The van der Waals surface area contributed by atoms with Gasteiger partial charge in [0.2, 0.25) is 0 Å². The van der Waals surface area contributed by atoms with Crippen molar-refractivity contribution in [3.63, 3.8) is 0 Å². The summed E-state index contributed by atoms with van der Waals surface area (Å²) < 4.78 is 1.72. The first-order valence-electron chi connectivity index (χ1n) is 6.61. The van der Waals surface area contributed by atoms with Gasteiger partial charge in [0.05, 0.1) is 0 Å². The number of aryl methyl sites for hydroxylation is 1. The quantitative estimate of drug-likeness (QED) is 0.814. The number of nitrogens with one attached hydrogen (secondary N) is 2. The predicted octanol–water partition coefficient (Wildman–Crippen LogP) is 1.59. The number of anilines is 1. The van der Waals surface area contributed by atoms with Crippen molar-refractivity contribution in [2.24, 2.45) is 0 Å². The van der Waals surface area contributed by atoms with Crippen LogP contribution in [-0.4, -0.2) is 31.3 Å². The summed E-state index contributed by atoms with van der Waals surface area (Å²) in [5, 5.41) is 11.2. The summed E-state index contributed by atoms with van der Waals surface area (Å²) >= 11 is 1.39. The highest BCUT2D eigenvalue weighted by Crippen LogP contribution is 2.37. The van der Waals surface area contributed by atoms with E-state index in [0.29, 0.717) is 17.0 Å². The zero-order valence-electron chi connectivity index (χ0n) is 11.4. The normalized spacial score (nSPS) is 14.5. The maximum absolute atomic E-state index is 11.7. The second kappa shape index (κ2) is 5.28. The first-order chi connectivity index (χ1) is 9.67. The number of aromatic amines is 1. The van der Waals surface area contributed by atoms with Gasteiger partial charge in [0.15, 0.2) is 5.16 Å². The van der Waals surface area contributed by atoms with Crippen LogP contribution in [0.1, 0.15) is 31.6 Å². The molecule has 1 aliphatic rings. The summed E-state index contributed by atoms with van der Waals surface area (Å²) in [6.07, 6.45) is 2.08. The highest BCUT2D eigenvalue weighted by Gasteiger charge is 2.28. The molecule has 8 heteroatoms. The topological polar surface area (TPSA) is 88.5 Å².